The topological polar surface area (TPSA) is 101 Å². The first-order valence-electron chi connectivity index (χ1n) is 7.52. The standard InChI is InChI=1S/C16H20O6/c1-5-6-16-8(2)7-10(13(18)19)11(9(3)17)12(16)15(4,21)22-14(16)20/h5-8,11-12,21H,1-4H3,(H,18,19)/b6-5+/t8-,11+,12+,15+,16+/m1/s1/i11D. The Morgan fingerprint density at radius 3 is 2.55 bits per heavy atom. The van der Waals surface area contributed by atoms with Crippen molar-refractivity contribution in [2.45, 2.75) is 33.5 Å². The molecule has 0 amide bonds. The summed E-state index contributed by atoms with van der Waals surface area (Å²) in [6, 6.07) is 0. The smallest absolute Gasteiger partial charge is 0.332 e. The molecule has 0 aromatic carbocycles. The zero-order chi connectivity index (χ0) is 17.8. The number of aliphatic carboxylic acids is 1. The fourth-order valence-electron chi connectivity index (χ4n) is 3.66. The number of carboxylic acid groups (broad SMARTS) is 1. The molecule has 6 heteroatoms. The number of Topliss-reactive ketones (excluding diaryl/α,β-unsaturated/α-hetero) is 1. The van der Waals surface area contributed by atoms with Crippen LogP contribution in [-0.2, 0) is 19.1 Å². The molecule has 2 aliphatic rings. The molecule has 6 nitrogen and oxygen atoms in total. The quantitative estimate of drug-likeness (QED) is 0.602. The summed E-state index contributed by atoms with van der Waals surface area (Å²) >= 11 is 0. The van der Waals surface area contributed by atoms with Crippen molar-refractivity contribution in [3.8, 4) is 0 Å². The maximum absolute atomic E-state index is 12.5. The van der Waals surface area contributed by atoms with Crippen molar-refractivity contribution in [1.82, 2.24) is 0 Å². The van der Waals surface area contributed by atoms with Gasteiger partial charge < -0.3 is 14.9 Å². The number of aliphatic hydroxyl groups is 1. The van der Waals surface area contributed by atoms with Crippen LogP contribution in [0.3, 0.4) is 0 Å². The predicted octanol–water partition coefficient (Wildman–Crippen LogP) is 1.30. The number of allylic oxidation sites excluding steroid dienone is 2. The number of carbonyl (C=O) groups excluding carboxylic acids is 2. The first kappa shape index (κ1) is 15.0. The molecule has 0 aromatic heterocycles. The monoisotopic (exact) mass is 309 g/mol. The molecule has 0 aromatic rings. The molecule has 22 heavy (non-hydrogen) atoms. The first-order chi connectivity index (χ1) is 10.5. The van der Waals surface area contributed by atoms with Crippen LogP contribution in [0.5, 0.6) is 0 Å². The maximum Gasteiger partial charge on any atom is 0.332 e. The van der Waals surface area contributed by atoms with Crippen molar-refractivity contribution >= 4 is 17.7 Å². The molecule has 0 radical (unpaired) electrons. The van der Waals surface area contributed by atoms with E-state index in [1.54, 1.807) is 19.9 Å². The van der Waals surface area contributed by atoms with E-state index in [1.165, 1.54) is 19.1 Å². The van der Waals surface area contributed by atoms with Gasteiger partial charge in [-0.2, -0.15) is 0 Å². The van der Waals surface area contributed by atoms with Crippen LogP contribution in [0, 0.1) is 23.1 Å². The van der Waals surface area contributed by atoms with Crippen LogP contribution in [0.15, 0.2) is 23.8 Å². The average Bonchev–Trinajstić information content (AvgIpc) is 2.61. The van der Waals surface area contributed by atoms with Crippen LogP contribution >= 0.6 is 0 Å². The number of esters is 1. The molecule has 0 bridgehead atoms. The highest BCUT2D eigenvalue weighted by atomic mass is 16.7. The Hall–Kier alpha value is -1.95. The average molecular weight is 309 g/mol. The largest absolute Gasteiger partial charge is 0.478 e. The van der Waals surface area contributed by atoms with E-state index in [4.69, 9.17) is 6.11 Å². The van der Waals surface area contributed by atoms with Gasteiger partial charge >= 0.3 is 11.9 Å². The van der Waals surface area contributed by atoms with Crippen LogP contribution in [0.4, 0.5) is 0 Å². The van der Waals surface area contributed by atoms with E-state index in [-0.39, 0.29) is 0 Å². The second kappa shape index (κ2) is 5.05. The van der Waals surface area contributed by atoms with Crippen LogP contribution in [0.1, 0.15) is 29.1 Å². The summed E-state index contributed by atoms with van der Waals surface area (Å²) in [5.41, 5.74) is -1.91. The summed E-state index contributed by atoms with van der Waals surface area (Å²) in [7, 11) is 0. The Kier molecular flexibility index (Phi) is 3.44. The highest BCUT2D eigenvalue weighted by Crippen LogP contribution is 2.58. The van der Waals surface area contributed by atoms with E-state index < -0.39 is 52.2 Å². The number of hydrogen-bond acceptors (Lipinski definition) is 5. The van der Waals surface area contributed by atoms with Gasteiger partial charge in [0.1, 0.15) is 11.2 Å². The highest BCUT2D eigenvalue weighted by Gasteiger charge is 2.68. The van der Waals surface area contributed by atoms with E-state index in [9.17, 15) is 24.6 Å². The Balaban J connectivity index is 2.90. The van der Waals surface area contributed by atoms with Gasteiger partial charge in [0.2, 0.25) is 5.79 Å². The Labute approximate surface area is 129 Å². The van der Waals surface area contributed by atoms with Crippen molar-refractivity contribution in [3.63, 3.8) is 0 Å². The van der Waals surface area contributed by atoms with Crippen molar-refractivity contribution in [3.05, 3.63) is 23.8 Å². The summed E-state index contributed by atoms with van der Waals surface area (Å²) < 4.78 is 13.7. The molecular formula is C16H20O6. The zero-order valence-corrected chi connectivity index (χ0v) is 12.9. The second-order valence-electron chi connectivity index (χ2n) is 5.95. The number of rotatable bonds is 3. The van der Waals surface area contributed by atoms with Gasteiger partial charge in [-0.3, -0.25) is 9.59 Å². The van der Waals surface area contributed by atoms with Crippen LogP contribution < -0.4 is 0 Å². The van der Waals surface area contributed by atoms with Crippen molar-refractivity contribution in [1.29, 1.82) is 0 Å². The molecule has 2 rings (SSSR count). The Bertz CT molecular complexity index is 649. The number of carbonyl (C=O) groups is 3. The minimum Gasteiger partial charge on any atom is -0.478 e. The first-order valence-corrected chi connectivity index (χ1v) is 7.02. The van der Waals surface area contributed by atoms with Crippen LogP contribution in [0.25, 0.3) is 0 Å². The van der Waals surface area contributed by atoms with Crippen molar-refractivity contribution in [2.75, 3.05) is 0 Å². The van der Waals surface area contributed by atoms with Gasteiger partial charge in [-0.15, -0.1) is 0 Å². The van der Waals surface area contributed by atoms with Crippen molar-refractivity contribution in [2.24, 2.45) is 23.1 Å². The molecule has 120 valence electrons. The molecule has 2 N–H and O–H groups in total. The van der Waals surface area contributed by atoms with E-state index >= 15 is 0 Å². The predicted molar refractivity (Wildman–Crippen MR) is 76.5 cm³/mol. The number of hydrogen-bond donors (Lipinski definition) is 2. The van der Waals surface area contributed by atoms with Gasteiger partial charge in [-0.25, -0.2) is 4.79 Å². The van der Waals surface area contributed by atoms with E-state index in [0.717, 1.165) is 6.92 Å². The maximum atomic E-state index is 12.5. The summed E-state index contributed by atoms with van der Waals surface area (Å²) in [6.45, 7) is 5.54. The highest BCUT2D eigenvalue weighted by molar-refractivity contribution is 5.98. The molecule has 1 aliphatic heterocycles. The van der Waals surface area contributed by atoms with Gasteiger partial charge in [0.15, 0.2) is 0 Å². The summed E-state index contributed by atoms with van der Waals surface area (Å²) in [4.78, 5) is 36.4. The van der Waals surface area contributed by atoms with Gasteiger partial charge in [0, 0.05) is 13.9 Å². The van der Waals surface area contributed by atoms with E-state index in [2.05, 4.69) is 0 Å². The Morgan fingerprint density at radius 2 is 2.09 bits per heavy atom. The molecule has 1 aliphatic carbocycles. The molecular weight excluding hydrogens is 288 g/mol. The van der Waals surface area contributed by atoms with E-state index in [0.29, 0.717) is 0 Å². The third-order valence-electron chi connectivity index (χ3n) is 4.47. The van der Waals surface area contributed by atoms with Gasteiger partial charge in [0.25, 0.3) is 0 Å². The zero-order valence-electron chi connectivity index (χ0n) is 13.9. The number of ketones is 1. The molecule has 0 unspecified atom stereocenters. The minimum atomic E-state index is -2.30. The van der Waals surface area contributed by atoms with E-state index in [1.807, 2.05) is 0 Å². The fourth-order valence-corrected chi connectivity index (χ4v) is 3.66. The van der Waals surface area contributed by atoms with Crippen molar-refractivity contribution < 1.29 is 30.7 Å². The number of ether oxygens (including phenoxy) is 1. The Morgan fingerprint density at radius 1 is 1.50 bits per heavy atom. The summed E-state index contributed by atoms with van der Waals surface area (Å²) in [5.74, 6) is -9.41. The molecule has 1 heterocycles. The van der Waals surface area contributed by atoms with Crippen LogP contribution in [-0.4, -0.2) is 33.7 Å². The normalized spacial score (nSPS) is 45.0. The molecule has 1 fully saturated rings. The number of cyclic esters (lactones) is 1. The van der Waals surface area contributed by atoms with Crippen LogP contribution in [0.2, 0.25) is 0 Å². The van der Waals surface area contributed by atoms with Gasteiger partial charge in [-0.05, 0) is 19.8 Å². The lowest BCUT2D eigenvalue weighted by atomic mass is 9.55. The molecule has 5 atom stereocenters. The van der Waals surface area contributed by atoms with Gasteiger partial charge in [0.05, 0.1) is 11.8 Å². The SMILES string of the molecule is [2H][C@]1(C(C)=O)C(C(=O)O)=C[C@@H](C)[C@]2(/C=C/C)C(=O)O[C@](C)(O)[C@H]12. The van der Waals surface area contributed by atoms with Gasteiger partial charge in [-0.1, -0.05) is 25.2 Å². The number of carboxylic acids is 1. The molecule has 0 spiro atoms. The lowest BCUT2D eigenvalue weighted by molar-refractivity contribution is -0.197. The third-order valence-corrected chi connectivity index (χ3v) is 4.47. The summed E-state index contributed by atoms with van der Waals surface area (Å²) in [5, 5.41) is 20.0. The third kappa shape index (κ3) is 2.01. The molecule has 0 saturated carbocycles. The second-order valence-corrected chi connectivity index (χ2v) is 5.95. The lowest BCUT2D eigenvalue weighted by Crippen LogP contribution is -2.52. The minimum absolute atomic E-state index is 0.443. The lowest BCUT2D eigenvalue weighted by Gasteiger charge is -2.43. The number of fused-ring (bicyclic) bond motifs is 1. The summed E-state index contributed by atoms with van der Waals surface area (Å²) in [6.07, 6.45) is 4.32. The molecule has 1 saturated heterocycles. The fraction of sp³-hybridized carbons (Fsp3) is 0.562.